The molecule has 1 saturated heterocycles. The Morgan fingerprint density at radius 2 is 2.08 bits per heavy atom. The van der Waals surface area contributed by atoms with Crippen LogP contribution in [0.2, 0.25) is 0 Å². The number of imide groups is 1. The number of nitrogens with two attached hydrogens (primary N) is 1. The highest BCUT2D eigenvalue weighted by Crippen LogP contribution is 2.49. The van der Waals surface area contributed by atoms with Crippen LogP contribution in [0.1, 0.15) is 25.7 Å². The SMILES string of the molecule is NCCN1C(=O)CC2(CCC2)C1=O. The second-order valence-corrected chi connectivity index (χ2v) is 3.95. The number of nitrogens with zero attached hydrogens (tertiary/aromatic N) is 1. The number of rotatable bonds is 2. The summed E-state index contributed by atoms with van der Waals surface area (Å²) in [6.45, 7) is 0.757. The third-order valence-corrected chi connectivity index (χ3v) is 3.15. The van der Waals surface area contributed by atoms with Gasteiger partial charge in [0.15, 0.2) is 0 Å². The van der Waals surface area contributed by atoms with E-state index in [0.29, 0.717) is 19.5 Å². The van der Waals surface area contributed by atoms with E-state index in [2.05, 4.69) is 0 Å². The molecule has 1 heterocycles. The predicted molar refractivity (Wildman–Crippen MR) is 46.7 cm³/mol. The Bertz CT molecular complexity index is 258. The molecule has 4 nitrogen and oxygen atoms in total. The zero-order chi connectivity index (χ0) is 9.47. The van der Waals surface area contributed by atoms with E-state index in [1.54, 1.807) is 0 Å². The van der Waals surface area contributed by atoms with Gasteiger partial charge in [-0.25, -0.2) is 0 Å². The average molecular weight is 182 g/mol. The van der Waals surface area contributed by atoms with Gasteiger partial charge in [-0.3, -0.25) is 14.5 Å². The van der Waals surface area contributed by atoms with Crippen molar-refractivity contribution in [2.45, 2.75) is 25.7 Å². The first-order valence-corrected chi connectivity index (χ1v) is 4.74. The van der Waals surface area contributed by atoms with Crippen molar-refractivity contribution in [3.8, 4) is 0 Å². The maximum Gasteiger partial charge on any atom is 0.235 e. The number of likely N-dealkylation sites (tertiary alicyclic amines) is 1. The molecule has 72 valence electrons. The first kappa shape index (κ1) is 8.69. The van der Waals surface area contributed by atoms with Gasteiger partial charge in [0.25, 0.3) is 0 Å². The van der Waals surface area contributed by atoms with Crippen LogP contribution in [-0.2, 0) is 9.59 Å². The molecule has 0 unspecified atom stereocenters. The summed E-state index contributed by atoms with van der Waals surface area (Å²) in [6.07, 6.45) is 3.28. The fourth-order valence-corrected chi connectivity index (χ4v) is 2.21. The molecule has 2 rings (SSSR count). The monoisotopic (exact) mass is 182 g/mol. The van der Waals surface area contributed by atoms with Gasteiger partial charge in [0, 0.05) is 19.5 Å². The van der Waals surface area contributed by atoms with Gasteiger partial charge in [-0.2, -0.15) is 0 Å². The first-order chi connectivity index (χ1) is 6.19. The quantitative estimate of drug-likeness (QED) is 0.605. The average Bonchev–Trinajstić information content (AvgIpc) is 2.28. The summed E-state index contributed by atoms with van der Waals surface area (Å²) < 4.78 is 0. The molecule has 1 aliphatic heterocycles. The van der Waals surface area contributed by atoms with Gasteiger partial charge in [-0.15, -0.1) is 0 Å². The van der Waals surface area contributed by atoms with Crippen molar-refractivity contribution in [2.24, 2.45) is 11.1 Å². The molecule has 1 saturated carbocycles. The highest BCUT2D eigenvalue weighted by molar-refractivity contribution is 6.06. The van der Waals surface area contributed by atoms with Gasteiger partial charge in [-0.1, -0.05) is 6.42 Å². The molecule has 0 bridgehead atoms. The molecular formula is C9H14N2O2. The summed E-state index contributed by atoms with van der Waals surface area (Å²) in [5.74, 6) is -0.00986. The van der Waals surface area contributed by atoms with Crippen LogP contribution >= 0.6 is 0 Å². The van der Waals surface area contributed by atoms with E-state index >= 15 is 0 Å². The number of amides is 2. The summed E-state index contributed by atoms with van der Waals surface area (Å²) >= 11 is 0. The molecule has 1 aliphatic carbocycles. The Kier molecular flexibility index (Phi) is 1.87. The zero-order valence-corrected chi connectivity index (χ0v) is 7.58. The molecule has 2 amide bonds. The van der Waals surface area contributed by atoms with Gasteiger partial charge in [-0.05, 0) is 12.8 Å². The van der Waals surface area contributed by atoms with Crippen molar-refractivity contribution in [3.05, 3.63) is 0 Å². The molecule has 0 aromatic rings. The molecule has 2 N–H and O–H groups in total. The van der Waals surface area contributed by atoms with Crippen LogP contribution in [0.25, 0.3) is 0 Å². The minimum absolute atomic E-state index is 0.0224. The standard InChI is InChI=1S/C9H14N2O2/c10-4-5-11-7(12)6-9(8(11)13)2-1-3-9/h1-6,10H2. The highest BCUT2D eigenvalue weighted by Gasteiger charge is 2.54. The fourth-order valence-electron chi connectivity index (χ4n) is 2.21. The van der Waals surface area contributed by atoms with E-state index in [1.165, 1.54) is 4.90 Å². The summed E-state index contributed by atoms with van der Waals surface area (Å²) in [5.41, 5.74) is 5.04. The van der Waals surface area contributed by atoms with Crippen molar-refractivity contribution >= 4 is 11.8 Å². The van der Waals surface area contributed by atoms with Crippen molar-refractivity contribution in [3.63, 3.8) is 0 Å². The van der Waals surface area contributed by atoms with Gasteiger partial charge < -0.3 is 5.73 Å². The Hall–Kier alpha value is -0.900. The van der Waals surface area contributed by atoms with Gasteiger partial charge in [0.1, 0.15) is 0 Å². The normalized spacial score (nSPS) is 25.5. The molecular weight excluding hydrogens is 168 g/mol. The molecule has 2 aliphatic rings. The van der Waals surface area contributed by atoms with E-state index in [4.69, 9.17) is 5.73 Å². The number of hydrogen-bond acceptors (Lipinski definition) is 3. The van der Waals surface area contributed by atoms with Gasteiger partial charge in [0.05, 0.1) is 5.41 Å². The smallest absolute Gasteiger partial charge is 0.235 e. The van der Waals surface area contributed by atoms with Crippen LogP contribution in [0.15, 0.2) is 0 Å². The van der Waals surface area contributed by atoms with Crippen molar-refractivity contribution in [2.75, 3.05) is 13.1 Å². The molecule has 0 aromatic heterocycles. The lowest BCUT2D eigenvalue weighted by molar-refractivity contribution is -0.143. The largest absolute Gasteiger partial charge is 0.329 e. The van der Waals surface area contributed by atoms with E-state index in [1.807, 2.05) is 0 Å². The molecule has 0 aromatic carbocycles. The Labute approximate surface area is 77.1 Å². The maximum absolute atomic E-state index is 11.8. The third kappa shape index (κ3) is 1.09. The number of carbonyl (C=O) groups excluding carboxylic acids is 2. The highest BCUT2D eigenvalue weighted by atomic mass is 16.2. The fraction of sp³-hybridized carbons (Fsp3) is 0.778. The summed E-state index contributed by atoms with van der Waals surface area (Å²) in [4.78, 5) is 24.5. The Morgan fingerprint density at radius 1 is 1.38 bits per heavy atom. The third-order valence-electron chi connectivity index (χ3n) is 3.15. The molecule has 13 heavy (non-hydrogen) atoms. The minimum Gasteiger partial charge on any atom is -0.329 e. The lowest BCUT2D eigenvalue weighted by Gasteiger charge is -2.35. The van der Waals surface area contributed by atoms with Crippen molar-refractivity contribution in [1.29, 1.82) is 0 Å². The molecule has 1 spiro atoms. The van der Waals surface area contributed by atoms with Crippen molar-refractivity contribution in [1.82, 2.24) is 4.90 Å². The Balaban J connectivity index is 2.14. The summed E-state index contributed by atoms with van der Waals surface area (Å²) in [7, 11) is 0. The first-order valence-electron chi connectivity index (χ1n) is 4.74. The predicted octanol–water partition coefficient (Wildman–Crippen LogP) is -0.126. The molecule has 0 atom stereocenters. The lowest BCUT2D eigenvalue weighted by Crippen LogP contribution is -2.41. The second kappa shape index (κ2) is 2.80. The van der Waals surface area contributed by atoms with Crippen molar-refractivity contribution < 1.29 is 9.59 Å². The van der Waals surface area contributed by atoms with E-state index in [0.717, 1.165) is 19.3 Å². The lowest BCUT2D eigenvalue weighted by atomic mass is 9.68. The van der Waals surface area contributed by atoms with E-state index in [9.17, 15) is 9.59 Å². The Morgan fingerprint density at radius 3 is 2.46 bits per heavy atom. The molecule has 0 radical (unpaired) electrons. The van der Waals surface area contributed by atoms with Crippen LogP contribution in [0.5, 0.6) is 0 Å². The second-order valence-electron chi connectivity index (χ2n) is 3.95. The number of hydrogen-bond donors (Lipinski definition) is 1. The summed E-state index contributed by atoms with van der Waals surface area (Å²) in [5, 5.41) is 0. The van der Waals surface area contributed by atoms with E-state index < -0.39 is 0 Å². The minimum atomic E-state index is -0.299. The van der Waals surface area contributed by atoms with E-state index in [-0.39, 0.29) is 17.2 Å². The van der Waals surface area contributed by atoms with Crippen LogP contribution in [0.4, 0.5) is 0 Å². The zero-order valence-electron chi connectivity index (χ0n) is 7.58. The van der Waals surface area contributed by atoms with Gasteiger partial charge in [0.2, 0.25) is 11.8 Å². The van der Waals surface area contributed by atoms with Crippen LogP contribution in [-0.4, -0.2) is 29.8 Å². The van der Waals surface area contributed by atoms with Gasteiger partial charge >= 0.3 is 0 Å². The maximum atomic E-state index is 11.8. The van der Waals surface area contributed by atoms with Crippen LogP contribution in [0, 0.1) is 5.41 Å². The van der Waals surface area contributed by atoms with Crippen LogP contribution in [0.3, 0.4) is 0 Å². The summed E-state index contributed by atoms with van der Waals surface area (Å²) in [6, 6.07) is 0. The number of carbonyl (C=O) groups is 2. The molecule has 4 heteroatoms. The topological polar surface area (TPSA) is 63.4 Å². The molecule has 2 fully saturated rings. The van der Waals surface area contributed by atoms with Crippen LogP contribution < -0.4 is 5.73 Å².